The van der Waals surface area contributed by atoms with Crippen molar-refractivity contribution in [1.29, 1.82) is 0 Å². The number of carbonyl (C=O) groups excluding carboxylic acids is 2. The fourth-order valence-electron chi connectivity index (χ4n) is 2.49. The predicted octanol–water partition coefficient (Wildman–Crippen LogP) is 1.38. The minimum atomic E-state index is -0.623. The fraction of sp³-hybridized carbons (Fsp3) is 0.214. The van der Waals surface area contributed by atoms with Crippen molar-refractivity contribution in [2.45, 2.75) is 12.3 Å². The van der Waals surface area contributed by atoms with Crippen molar-refractivity contribution in [3.63, 3.8) is 0 Å². The second kappa shape index (κ2) is 4.93. The van der Waals surface area contributed by atoms with E-state index >= 15 is 0 Å². The standard InChI is InChI=1S/C14H13N3O4/c1-21-14(20)9-4-7(2-3-11(9)18)8-5-12(19)16-13-10(8)6-15-17-13/h2-4,6,8,18H,5H2,1H3,(H2,15,16,17,19). The van der Waals surface area contributed by atoms with Gasteiger partial charge in [-0.15, -0.1) is 0 Å². The number of fused-ring (bicyclic) bond motifs is 1. The van der Waals surface area contributed by atoms with Crippen molar-refractivity contribution in [2.75, 3.05) is 12.4 Å². The molecule has 2 aromatic rings. The Morgan fingerprint density at radius 1 is 1.48 bits per heavy atom. The molecule has 1 aliphatic rings. The normalized spacial score (nSPS) is 17.0. The molecule has 7 heteroatoms. The van der Waals surface area contributed by atoms with Crippen LogP contribution in [0.2, 0.25) is 0 Å². The Labute approximate surface area is 119 Å². The number of ether oxygens (including phenoxy) is 1. The molecule has 1 atom stereocenters. The number of esters is 1. The minimum Gasteiger partial charge on any atom is -0.507 e. The average Bonchev–Trinajstić information content (AvgIpc) is 2.94. The number of hydrogen-bond donors (Lipinski definition) is 3. The van der Waals surface area contributed by atoms with Crippen LogP contribution in [0.3, 0.4) is 0 Å². The Morgan fingerprint density at radius 2 is 2.29 bits per heavy atom. The summed E-state index contributed by atoms with van der Waals surface area (Å²) < 4.78 is 4.64. The quantitative estimate of drug-likeness (QED) is 0.724. The highest BCUT2D eigenvalue weighted by molar-refractivity contribution is 5.95. The Kier molecular flexibility index (Phi) is 3.09. The molecule has 0 saturated heterocycles. The Hall–Kier alpha value is -2.83. The number of aromatic hydroxyl groups is 1. The number of phenolic OH excluding ortho intramolecular Hbond substituents is 1. The number of carbonyl (C=O) groups is 2. The van der Waals surface area contributed by atoms with E-state index in [0.717, 1.165) is 11.1 Å². The lowest BCUT2D eigenvalue weighted by atomic mass is 9.86. The molecular formula is C14H13N3O4. The number of benzene rings is 1. The summed E-state index contributed by atoms with van der Waals surface area (Å²) in [5.74, 6) is -0.579. The number of amides is 1. The average molecular weight is 287 g/mol. The monoisotopic (exact) mass is 287 g/mol. The van der Waals surface area contributed by atoms with E-state index in [9.17, 15) is 14.7 Å². The third kappa shape index (κ3) is 2.22. The van der Waals surface area contributed by atoms with Gasteiger partial charge < -0.3 is 15.2 Å². The molecule has 0 aliphatic carbocycles. The van der Waals surface area contributed by atoms with E-state index in [1.807, 2.05) is 0 Å². The van der Waals surface area contributed by atoms with Gasteiger partial charge in [0.25, 0.3) is 0 Å². The molecule has 2 heterocycles. The summed E-state index contributed by atoms with van der Waals surface area (Å²) in [6, 6.07) is 4.65. The van der Waals surface area contributed by atoms with Gasteiger partial charge in [0, 0.05) is 17.9 Å². The Morgan fingerprint density at radius 3 is 3.05 bits per heavy atom. The lowest BCUT2D eigenvalue weighted by molar-refractivity contribution is -0.116. The van der Waals surface area contributed by atoms with Crippen LogP contribution in [0.5, 0.6) is 5.75 Å². The Balaban J connectivity index is 2.06. The van der Waals surface area contributed by atoms with E-state index in [0.29, 0.717) is 5.82 Å². The first-order valence-corrected chi connectivity index (χ1v) is 6.34. The highest BCUT2D eigenvalue weighted by Gasteiger charge is 2.29. The molecule has 1 aromatic carbocycles. The van der Waals surface area contributed by atoms with Crippen molar-refractivity contribution < 1.29 is 19.4 Å². The van der Waals surface area contributed by atoms with Crippen LogP contribution < -0.4 is 5.32 Å². The third-order valence-corrected chi connectivity index (χ3v) is 3.53. The summed E-state index contributed by atoms with van der Waals surface area (Å²) in [4.78, 5) is 23.4. The van der Waals surface area contributed by atoms with E-state index in [4.69, 9.17) is 0 Å². The van der Waals surface area contributed by atoms with Gasteiger partial charge in [0.05, 0.1) is 13.3 Å². The fourth-order valence-corrected chi connectivity index (χ4v) is 2.49. The number of phenols is 1. The van der Waals surface area contributed by atoms with Crippen LogP contribution in [0.25, 0.3) is 0 Å². The van der Waals surface area contributed by atoms with Gasteiger partial charge in [-0.3, -0.25) is 9.89 Å². The van der Waals surface area contributed by atoms with Gasteiger partial charge in [-0.1, -0.05) is 6.07 Å². The SMILES string of the molecule is COC(=O)c1cc(C2CC(=O)Nc3[nH]ncc32)ccc1O. The number of anilines is 1. The van der Waals surface area contributed by atoms with Gasteiger partial charge in [0.2, 0.25) is 5.91 Å². The largest absolute Gasteiger partial charge is 0.507 e. The first kappa shape index (κ1) is 13.2. The van der Waals surface area contributed by atoms with Crippen LogP contribution in [0, 0.1) is 0 Å². The van der Waals surface area contributed by atoms with Gasteiger partial charge in [-0.25, -0.2) is 4.79 Å². The van der Waals surface area contributed by atoms with Crippen LogP contribution >= 0.6 is 0 Å². The van der Waals surface area contributed by atoms with Gasteiger partial charge in [-0.05, 0) is 17.7 Å². The number of methoxy groups -OCH3 is 1. The van der Waals surface area contributed by atoms with Crippen molar-refractivity contribution >= 4 is 17.7 Å². The second-order valence-corrected chi connectivity index (χ2v) is 4.77. The molecule has 0 fully saturated rings. The first-order chi connectivity index (χ1) is 10.1. The first-order valence-electron chi connectivity index (χ1n) is 6.34. The van der Waals surface area contributed by atoms with Crippen LogP contribution in [-0.4, -0.2) is 34.3 Å². The lowest BCUT2D eigenvalue weighted by Gasteiger charge is -2.22. The molecule has 0 radical (unpaired) electrons. The van der Waals surface area contributed by atoms with Crippen molar-refractivity contribution in [2.24, 2.45) is 0 Å². The van der Waals surface area contributed by atoms with E-state index in [1.165, 1.54) is 13.2 Å². The van der Waals surface area contributed by atoms with E-state index in [2.05, 4.69) is 20.3 Å². The molecule has 0 spiro atoms. The summed E-state index contributed by atoms with van der Waals surface area (Å²) in [6.07, 6.45) is 1.89. The molecule has 1 amide bonds. The molecule has 3 N–H and O–H groups in total. The van der Waals surface area contributed by atoms with Gasteiger partial charge in [0.1, 0.15) is 17.1 Å². The van der Waals surface area contributed by atoms with Gasteiger partial charge in [-0.2, -0.15) is 5.10 Å². The number of hydrogen-bond acceptors (Lipinski definition) is 5. The summed E-state index contributed by atoms with van der Waals surface area (Å²) in [7, 11) is 1.25. The van der Waals surface area contributed by atoms with Crippen molar-refractivity contribution in [1.82, 2.24) is 10.2 Å². The number of aromatic nitrogens is 2. The maximum absolute atomic E-state index is 11.7. The van der Waals surface area contributed by atoms with Crippen LogP contribution in [0.4, 0.5) is 5.82 Å². The molecule has 0 bridgehead atoms. The maximum Gasteiger partial charge on any atom is 0.341 e. The molecule has 1 aliphatic heterocycles. The zero-order valence-corrected chi connectivity index (χ0v) is 11.2. The molecule has 108 valence electrons. The lowest BCUT2D eigenvalue weighted by Crippen LogP contribution is -2.23. The smallest absolute Gasteiger partial charge is 0.341 e. The summed E-state index contributed by atoms with van der Waals surface area (Å²) >= 11 is 0. The Bertz CT molecular complexity index is 723. The van der Waals surface area contributed by atoms with Crippen LogP contribution in [0.15, 0.2) is 24.4 Å². The molecule has 1 unspecified atom stereocenters. The van der Waals surface area contributed by atoms with Gasteiger partial charge >= 0.3 is 5.97 Å². The highest BCUT2D eigenvalue weighted by atomic mass is 16.5. The topological polar surface area (TPSA) is 104 Å². The summed E-state index contributed by atoms with van der Waals surface area (Å²) in [5, 5.41) is 19.1. The van der Waals surface area contributed by atoms with Crippen LogP contribution in [0.1, 0.15) is 33.8 Å². The molecule has 1 aromatic heterocycles. The maximum atomic E-state index is 11.7. The highest BCUT2D eigenvalue weighted by Crippen LogP contribution is 2.37. The van der Waals surface area contributed by atoms with E-state index in [-0.39, 0.29) is 29.6 Å². The molecule has 21 heavy (non-hydrogen) atoms. The number of rotatable bonds is 2. The van der Waals surface area contributed by atoms with Crippen LogP contribution in [-0.2, 0) is 9.53 Å². The zero-order chi connectivity index (χ0) is 15.0. The molecule has 3 rings (SSSR count). The van der Waals surface area contributed by atoms with Gasteiger partial charge in [0.15, 0.2) is 0 Å². The number of aromatic amines is 1. The number of nitrogens with zero attached hydrogens (tertiary/aromatic N) is 1. The summed E-state index contributed by atoms with van der Waals surface area (Å²) in [5.41, 5.74) is 1.66. The van der Waals surface area contributed by atoms with Crippen molar-refractivity contribution in [3.05, 3.63) is 41.1 Å². The van der Waals surface area contributed by atoms with E-state index < -0.39 is 5.97 Å². The minimum absolute atomic E-state index is 0.0750. The number of H-pyrrole nitrogens is 1. The third-order valence-electron chi connectivity index (χ3n) is 3.53. The molecule has 7 nitrogen and oxygen atoms in total. The number of nitrogens with one attached hydrogen (secondary N) is 2. The predicted molar refractivity (Wildman–Crippen MR) is 73.1 cm³/mol. The zero-order valence-electron chi connectivity index (χ0n) is 11.2. The molecular weight excluding hydrogens is 274 g/mol. The summed E-state index contributed by atoms with van der Waals surface area (Å²) in [6.45, 7) is 0. The molecule has 0 saturated carbocycles. The van der Waals surface area contributed by atoms with E-state index in [1.54, 1.807) is 18.3 Å². The second-order valence-electron chi connectivity index (χ2n) is 4.77. The van der Waals surface area contributed by atoms with Crippen molar-refractivity contribution in [3.8, 4) is 5.75 Å².